The number of ether oxygens (including phenoxy) is 1. The lowest BCUT2D eigenvalue weighted by molar-refractivity contribution is 0.0470. The Balaban J connectivity index is 2.06. The maximum atomic E-state index is 11.3. The van der Waals surface area contributed by atoms with Gasteiger partial charge in [0.05, 0.1) is 6.61 Å². The molecule has 2 rings (SSSR count). The molecule has 2 aromatic rings. The number of hydrogen-bond donors (Lipinski definition) is 0. The van der Waals surface area contributed by atoms with Gasteiger partial charge in [-0.3, -0.25) is 4.98 Å². The van der Waals surface area contributed by atoms with Gasteiger partial charge in [-0.05, 0) is 24.6 Å². The van der Waals surface area contributed by atoms with Crippen molar-refractivity contribution < 1.29 is 14.1 Å². The summed E-state index contributed by atoms with van der Waals surface area (Å²) in [5.41, 5.74) is 0.996. The SMILES string of the molecule is CCOC(=O)c1nc(Cc2ccncc2)no1. The average Bonchev–Trinajstić information content (AvgIpc) is 2.79. The first-order valence-electron chi connectivity index (χ1n) is 5.18. The molecule has 0 spiro atoms. The maximum absolute atomic E-state index is 11.3. The zero-order chi connectivity index (χ0) is 12.1. The molecule has 0 saturated heterocycles. The third kappa shape index (κ3) is 2.87. The van der Waals surface area contributed by atoms with Crippen molar-refractivity contribution in [1.29, 1.82) is 0 Å². The number of carbonyl (C=O) groups excluding carboxylic acids is 1. The average molecular weight is 233 g/mol. The highest BCUT2D eigenvalue weighted by molar-refractivity contribution is 5.83. The van der Waals surface area contributed by atoms with Gasteiger partial charge in [0.2, 0.25) is 0 Å². The Labute approximate surface area is 97.6 Å². The third-order valence-corrected chi connectivity index (χ3v) is 2.03. The second kappa shape index (κ2) is 5.20. The Morgan fingerprint density at radius 1 is 1.41 bits per heavy atom. The number of esters is 1. The molecule has 6 nitrogen and oxygen atoms in total. The number of pyridine rings is 1. The fourth-order valence-corrected chi connectivity index (χ4v) is 1.28. The summed E-state index contributed by atoms with van der Waals surface area (Å²) < 4.78 is 9.55. The Morgan fingerprint density at radius 3 is 2.88 bits per heavy atom. The van der Waals surface area contributed by atoms with Gasteiger partial charge in [0, 0.05) is 18.8 Å². The van der Waals surface area contributed by atoms with E-state index in [1.807, 2.05) is 12.1 Å². The van der Waals surface area contributed by atoms with Gasteiger partial charge < -0.3 is 9.26 Å². The molecule has 0 aromatic carbocycles. The van der Waals surface area contributed by atoms with Gasteiger partial charge in [0.1, 0.15) is 0 Å². The number of aromatic nitrogens is 3. The van der Waals surface area contributed by atoms with Crippen LogP contribution in [0, 0.1) is 0 Å². The van der Waals surface area contributed by atoms with Gasteiger partial charge in [-0.25, -0.2) is 4.79 Å². The Morgan fingerprint density at radius 2 is 2.18 bits per heavy atom. The van der Waals surface area contributed by atoms with E-state index in [0.717, 1.165) is 5.56 Å². The quantitative estimate of drug-likeness (QED) is 0.739. The lowest BCUT2D eigenvalue weighted by Crippen LogP contribution is -2.05. The molecule has 0 bridgehead atoms. The topological polar surface area (TPSA) is 78.1 Å². The van der Waals surface area contributed by atoms with Crippen LogP contribution in [0.25, 0.3) is 0 Å². The first-order valence-corrected chi connectivity index (χ1v) is 5.18. The zero-order valence-corrected chi connectivity index (χ0v) is 9.29. The van der Waals surface area contributed by atoms with Gasteiger partial charge in [0.25, 0.3) is 0 Å². The van der Waals surface area contributed by atoms with Crippen LogP contribution < -0.4 is 0 Å². The first kappa shape index (κ1) is 11.3. The lowest BCUT2D eigenvalue weighted by atomic mass is 10.2. The first-order chi connectivity index (χ1) is 8.29. The van der Waals surface area contributed by atoms with Crippen LogP contribution in [0.2, 0.25) is 0 Å². The maximum Gasteiger partial charge on any atom is 0.397 e. The van der Waals surface area contributed by atoms with Crippen LogP contribution in [0.3, 0.4) is 0 Å². The van der Waals surface area contributed by atoms with E-state index in [9.17, 15) is 4.79 Å². The van der Waals surface area contributed by atoms with Crippen LogP contribution in [0.5, 0.6) is 0 Å². The zero-order valence-electron chi connectivity index (χ0n) is 9.29. The van der Waals surface area contributed by atoms with Crippen molar-refractivity contribution in [2.24, 2.45) is 0 Å². The molecule has 2 aromatic heterocycles. The fraction of sp³-hybridized carbons (Fsp3) is 0.273. The molecule has 0 aliphatic carbocycles. The second-order valence-corrected chi connectivity index (χ2v) is 3.27. The highest BCUT2D eigenvalue weighted by Crippen LogP contribution is 2.06. The number of rotatable bonds is 4. The Hall–Kier alpha value is -2.24. The lowest BCUT2D eigenvalue weighted by Gasteiger charge is -1.94. The third-order valence-electron chi connectivity index (χ3n) is 2.03. The van der Waals surface area contributed by atoms with Crippen LogP contribution in [0.1, 0.15) is 29.0 Å². The van der Waals surface area contributed by atoms with Crippen LogP contribution >= 0.6 is 0 Å². The molecular formula is C11H11N3O3. The van der Waals surface area contributed by atoms with Crippen molar-refractivity contribution >= 4 is 5.97 Å². The highest BCUT2D eigenvalue weighted by atomic mass is 16.6. The van der Waals surface area contributed by atoms with Crippen molar-refractivity contribution in [3.05, 3.63) is 41.8 Å². The molecule has 0 saturated carbocycles. The summed E-state index contributed by atoms with van der Waals surface area (Å²) in [5.74, 6) is -0.267. The molecule has 0 unspecified atom stereocenters. The largest absolute Gasteiger partial charge is 0.459 e. The minimum Gasteiger partial charge on any atom is -0.459 e. The summed E-state index contributed by atoms with van der Waals surface area (Å²) in [4.78, 5) is 19.1. The molecule has 6 heteroatoms. The molecule has 0 amide bonds. The summed E-state index contributed by atoms with van der Waals surface area (Å²) in [7, 11) is 0. The summed E-state index contributed by atoms with van der Waals surface area (Å²) in [6.45, 7) is 1.99. The van der Waals surface area contributed by atoms with Crippen LogP contribution in [0.15, 0.2) is 29.0 Å². The minimum absolute atomic E-state index is 0.115. The number of nitrogens with zero attached hydrogens (tertiary/aromatic N) is 3. The summed E-state index contributed by atoms with van der Waals surface area (Å²) in [6.07, 6.45) is 3.86. The molecule has 0 radical (unpaired) electrons. The molecule has 0 aliphatic heterocycles. The highest BCUT2D eigenvalue weighted by Gasteiger charge is 2.15. The fourth-order valence-electron chi connectivity index (χ4n) is 1.28. The minimum atomic E-state index is -0.596. The van der Waals surface area contributed by atoms with Gasteiger partial charge in [-0.2, -0.15) is 4.98 Å². The van der Waals surface area contributed by atoms with Crippen molar-refractivity contribution in [1.82, 2.24) is 15.1 Å². The molecule has 17 heavy (non-hydrogen) atoms. The molecule has 0 N–H and O–H groups in total. The molecule has 0 fully saturated rings. The van der Waals surface area contributed by atoms with Crippen molar-refractivity contribution in [2.45, 2.75) is 13.3 Å². The predicted octanol–water partition coefficient (Wildman–Crippen LogP) is 1.23. The Bertz CT molecular complexity index is 496. The van der Waals surface area contributed by atoms with E-state index >= 15 is 0 Å². The second-order valence-electron chi connectivity index (χ2n) is 3.27. The van der Waals surface area contributed by atoms with Crippen molar-refractivity contribution in [2.75, 3.05) is 6.61 Å². The summed E-state index contributed by atoms with van der Waals surface area (Å²) in [6, 6.07) is 3.70. The standard InChI is InChI=1S/C11H11N3O3/c1-2-16-11(15)10-13-9(14-17-10)7-8-3-5-12-6-4-8/h3-6H,2,7H2,1H3. The van der Waals surface area contributed by atoms with E-state index in [4.69, 9.17) is 9.26 Å². The van der Waals surface area contributed by atoms with Crippen LogP contribution in [-0.2, 0) is 11.2 Å². The van der Waals surface area contributed by atoms with E-state index < -0.39 is 5.97 Å². The molecule has 0 aliphatic rings. The molecule has 2 heterocycles. The van der Waals surface area contributed by atoms with E-state index in [0.29, 0.717) is 12.2 Å². The van der Waals surface area contributed by atoms with Gasteiger partial charge >= 0.3 is 11.9 Å². The molecular weight excluding hydrogens is 222 g/mol. The number of carbonyl (C=O) groups is 1. The van der Waals surface area contributed by atoms with Crippen LogP contribution in [0.4, 0.5) is 0 Å². The molecule has 0 atom stereocenters. The van der Waals surface area contributed by atoms with E-state index in [2.05, 4.69) is 15.1 Å². The van der Waals surface area contributed by atoms with E-state index in [1.165, 1.54) is 0 Å². The normalized spacial score (nSPS) is 10.2. The number of hydrogen-bond acceptors (Lipinski definition) is 6. The van der Waals surface area contributed by atoms with Gasteiger partial charge in [0.15, 0.2) is 5.82 Å². The van der Waals surface area contributed by atoms with Gasteiger partial charge in [-0.15, -0.1) is 0 Å². The monoisotopic (exact) mass is 233 g/mol. The smallest absolute Gasteiger partial charge is 0.397 e. The summed E-state index contributed by atoms with van der Waals surface area (Å²) in [5, 5.41) is 3.71. The predicted molar refractivity (Wildman–Crippen MR) is 57.3 cm³/mol. The van der Waals surface area contributed by atoms with Gasteiger partial charge in [-0.1, -0.05) is 5.16 Å². The van der Waals surface area contributed by atoms with E-state index in [1.54, 1.807) is 19.3 Å². The van der Waals surface area contributed by atoms with E-state index in [-0.39, 0.29) is 12.5 Å². The van der Waals surface area contributed by atoms with Crippen LogP contribution in [-0.4, -0.2) is 27.7 Å². The summed E-state index contributed by atoms with van der Waals surface area (Å²) >= 11 is 0. The Kier molecular flexibility index (Phi) is 3.44. The molecule has 88 valence electrons. The van der Waals surface area contributed by atoms with Crippen molar-refractivity contribution in [3.63, 3.8) is 0 Å². The van der Waals surface area contributed by atoms with Crippen molar-refractivity contribution in [3.8, 4) is 0 Å².